The molecule has 1 aliphatic carbocycles. The molecule has 5 nitrogen and oxygen atoms in total. The Bertz CT molecular complexity index is 949. The normalized spacial score (nSPS) is 22.5. The average molecular weight is 420 g/mol. The second kappa shape index (κ2) is 8.19. The summed E-state index contributed by atoms with van der Waals surface area (Å²) in [7, 11) is 0. The molecule has 0 saturated carbocycles. The topological polar surface area (TPSA) is 55.2 Å². The molecule has 3 heterocycles. The number of aryl methyl sites for hydroxylation is 1. The third kappa shape index (κ3) is 3.75. The fourth-order valence-corrected chi connectivity index (χ4v) is 6.82. The Labute approximate surface area is 174 Å². The van der Waals surface area contributed by atoms with Gasteiger partial charge >= 0.3 is 0 Å². The summed E-state index contributed by atoms with van der Waals surface area (Å²) < 4.78 is 1.75. The van der Waals surface area contributed by atoms with E-state index >= 15 is 0 Å². The molecule has 28 heavy (non-hydrogen) atoms. The minimum atomic E-state index is 0.0705. The number of thiophene rings is 1. The van der Waals surface area contributed by atoms with E-state index in [4.69, 9.17) is 4.98 Å². The van der Waals surface area contributed by atoms with Crippen molar-refractivity contribution in [3.63, 3.8) is 0 Å². The van der Waals surface area contributed by atoms with E-state index in [1.165, 1.54) is 28.6 Å². The number of likely N-dealkylation sites (tertiary alicyclic amines) is 1. The molecule has 4 rings (SSSR count). The van der Waals surface area contributed by atoms with Crippen LogP contribution in [0.15, 0.2) is 9.95 Å². The van der Waals surface area contributed by atoms with Gasteiger partial charge in [0.2, 0.25) is 5.91 Å². The number of piperidine rings is 1. The highest BCUT2D eigenvalue weighted by molar-refractivity contribution is 7.99. The molecule has 1 amide bonds. The number of hydrogen-bond acceptors (Lipinski definition) is 5. The maximum atomic E-state index is 13.2. The first-order chi connectivity index (χ1) is 13.5. The zero-order chi connectivity index (χ0) is 19.8. The van der Waals surface area contributed by atoms with Gasteiger partial charge in [-0.25, -0.2) is 4.98 Å². The van der Waals surface area contributed by atoms with Crippen LogP contribution in [0.25, 0.3) is 10.2 Å². The molecule has 0 aromatic carbocycles. The lowest BCUT2D eigenvalue weighted by Gasteiger charge is -2.30. The minimum Gasteiger partial charge on any atom is -0.342 e. The van der Waals surface area contributed by atoms with Crippen LogP contribution in [0.1, 0.15) is 50.5 Å². The molecule has 2 aromatic rings. The van der Waals surface area contributed by atoms with Gasteiger partial charge in [0, 0.05) is 24.5 Å². The molecule has 2 aliphatic rings. The summed E-state index contributed by atoms with van der Waals surface area (Å²) in [5.41, 5.74) is 1.30. The third-order valence-electron chi connectivity index (χ3n) is 6.03. The largest absolute Gasteiger partial charge is 0.342 e. The van der Waals surface area contributed by atoms with Crippen molar-refractivity contribution in [1.82, 2.24) is 14.5 Å². The summed E-state index contributed by atoms with van der Waals surface area (Å²) in [4.78, 5) is 34.9. The summed E-state index contributed by atoms with van der Waals surface area (Å²) in [5, 5.41) is 1.51. The monoisotopic (exact) mass is 419 g/mol. The van der Waals surface area contributed by atoms with Crippen LogP contribution < -0.4 is 5.56 Å². The molecule has 0 bridgehead atoms. The van der Waals surface area contributed by atoms with Crippen LogP contribution in [0.5, 0.6) is 0 Å². The minimum absolute atomic E-state index is 0.0705. The lowest BCUT2D eigenvalue weighted by molar-refractivity contribution is -0.130. The van der Waals surface area contributed by atoms with Crippen molar-refractivity contribution in [2.24, 2.45) is 11.8 Å². The van der Waals surface area contributed by atoms with Crippen molar-refractivity contribution in [2.45, 2.75) is 64.6 Å². The van der Waals surface area contributed by atoms with E-state index in [9.17, 15) is 9.59 Å². The van der Waals surface area contributed by atoms with Crippen molar-refractivity contribution >= 4 is 39.2 Å². The van der Waals surface area contributed by atoms with Gasteiger partial charge in [0.1, 0.15) is 4.83 Å². The van der Waals surface area contributed by atoms with Crippen molar-refractivity contribution in [1.29, 1.82) is 0 Å². The van der Waals surface area contributed by atoms with Gasteiger partial charge in [-0.3, -0.25) is 14.2 Å². The van der Waals surface area contributed by atoms with Gasteiger partial charge in [0.05, 0.1) is 11.1 Å². The molecule has 0 spiro atoms. The number of thioether (sulfide) groups is 1. The predicted molar refractivity (Wildman–Crippen MR) is 116 cm³/mol. The lowest BCUT2D eigenvalue weighted by atomic mass is 9.89. The Morgan fingerprint density at radius 2 is 2.11 bits per heavy atom. The molecule has 1 saturated heterocycles. The molecule has 0 N–H and O–H groups in total. The molecule has 0 unspecified atom stereocenters. The van der Waals surface area contributed by atoms with Gasteiger partial charge < -0.3 is 4.90 Å². The first-order valence-electron chi connectivity index (χ1n) is 10.4. The first-order valence-corrected chi connectivity index (χ1v) is 12.2. The van der Waals surface area contributed by atoms with E-state index in [0.29, 0.717) is 29.3 Å². The Hall–Kier alpha value is -1.34. The Morgan fingerprint density at radius 3 is 2.86 bits per heavy atom. The van der Waals surface area contributed by atoms with E-state index < -0.39 is 0 Å². The molecule has 2 aromatic heterocycles. The highest BCUT2D eigenvalue weighted by atomic mass is 32.2. The number of carbonyl (C=O) groups is 1. The van der Waals surface area contributed by atoms with Crippen LogP contribution in [0.2, 0.25) is 0 Å². The molecule has 2 atom stereocenters. The SMILES string of the molecule is CCn1c(SCC(=O)N2CCC[C@H](C)C2)nc2sc3c(c2c1=O)CC[C@@H](C)C3. The molecule has 1 aliphatic heterocycles. The average Bonchev–Trinajstić information content (AvgIpc) is 3.03. The van der Waals surface area contributed by atoms with E-state index in [2.05, 4.69) is 13.8 Å². The second-order valence-corrected chi connectivity index (χ2v) is 10.4. The number of amides is 1. The molecule has 7 heteroatoms. The standard InChI is InChI=1S/C21H29N3O2S2/c1-4-24-20(26)18-15-8-7-13(2)10-16(15)28-19(18)22-21(24)27-12-17(25)23-9-5-6-14(3)11-23/h13-14H,4-12H2,1-3H3/t13-,14+/m1/s1. The van der Waals surface area contributed by atoms with E-state index in [0.717, 1.165) is 49.0 Å². The first kappa shape index (κ1) is 20.0. The number of hydrogen-bond donors (Lipinski definition) is 0. The number of rotatable bonds is 4. The van der Waals surface area contributed by atoms with Gasteiger partial charge in [-0.2, -0.15) is 0 Å². The molecule has 152 valence electrons. The number of nitrogens with zero attached hydrogens (tertiary/aromatic N) is 3. The Balaban J connectivity index is 1.60. The van der Waals surface area contributed by atoms with Crippen molar-refractivity contribution in [3.05, 3.63) is 20.8 Å². The van der Waals surface area contributed by atoms with Crippen molar-refractivity contribution in [2.75, 3.05) is 18.8 Å². The van der Waals surface area contributed by atoms with Gasteiger partial charge in [-0.05, 0) is 56.4 Å². The van der Waals surface area contributed by atoms with Gasteiger partial charge in [-0.1, -0.05) is 25.6 Å². The van der Waals surface area contributed by atoms with Gasteiger partial charge in [-0.15, -0.1) is 11.3 Å². The summed E-state index contributed by atoms with van der Waals surface area (Å²) >= 11 is 3.10. The highest BCUT2D eigenvalue weighted by Gasteiger charge is 2.25. The lowest BCUT2D eigenvalue weighted by Crippen LogP contribution is -2.40. The van der Waals surface area contributed by atoms with Gasteiger partial charge in [0.25, 0.3) is 5.56 Å². The van der Waals surface area contributed by atoms with Crippen LogP contribution in [-0.4, -0.2) is 39.2 Å². The van der Waals surface area contributed by atoms with Crippen LogP contribution in [0.3, 0.4) is 0 Å². The smallest absolute Gasteiger partial charge is 0.263 e. The van der Waals surface area contributed by atoms with E-state index in [1.54, 1.807) is 15.9 Å². The molecular formula is C21H29N3O2S2. The molecule has 1 fully saturated rings. The quantitative estimate of drug-likeness (QED) is 0.556. The summed E-state index contributed by atoms with van der Waals surface area (Å²) in [6.45, 7) is 8.75. The summed E-state index contributed by atoms with van der Waals surface area (Å²) in [6.07, 6.45) is 5.46. The third-order valence-corrected chi connectivity index (χ3v) is 8.14. The second-order valence-electron chi connectivity index (χ2n) is 8.35. The maximum absolute atomic E-state index is 13.2. The number of fused-ring (bicyclic) bond motifs is 3. The summed E-state index contributed by atoms with van der Waals surface area (Å²) in [6, 6.07) is 0. The molecular weight excluding hydrogens is 390 g/mol. The maximum Gasteiger partial charge on any atom is 0.263 e. The Morgan fingerprint density at radius 1 is 1.29 bits per heavy atom. The van der Waals surface area contributed by atoms with Crippen LogP contribution >= 0.6 is 23.1 Å². The predicted octanol–water partition coefficient (Wildman–Crippen LogP) is 3.95. The van der Waals surface area contributed by atoms with Crippen molar-refractivity contribution in [3.8, 4) is 0 Å². The number of aromatic nitrogens is 2. The zero-order valence-corrected chi connectivity index (χ0v) is 18.6. The van der Waals surface area contributed by atoms with Crippen LogP contribution in [-0.2, 0) is 24.2 Å². The van der Waals surface area contributed by atoms with Crippen molar-refractivity contribution < 1.29 is 4.79 Å². The fraction of sp³-hybridized carbons (Fsp3) is 0.667. The zero-order valence-electron chi connectivity index (χ0n) is 17.0. The molecule has 0 radical (unpaired) electrons. The fourth-order valence-electron chi connectivity index (χ4n) is 4.43. The highest BCUT2D eigenvalue weighted by Crippen LogP contribution is 2.36. The van der Waals surface area contributed by atoms with Gasteiger partial charge in [0.15, 0.2) is 5.16 Å². The van der Waals surface area contributed by atoms with E-state index in [-0.39, 0.29) is 11.5 Å². The van der Waals surface area contributed by atoms with Crippen LogP contribution in [0.4, 0.5) is 0 Å². The van der Waals surface area contributed by atoms with Crippen LogP contribution in [0, 0.1) is 11.8 Å². The van der Waals surface area contributed by atoms with E-state index in [1.807, 2.05) is 11.8 Å². The summed E-state index contributed by atoms with van der Waals surface area (Å²) in [5.74, 6) is 1.76. The number of carbonyl (C=O) groups excluding carboxylic acids is 1. The Kier molecular flexibility index (Phi) is 5.83.